The van der Waals surface area contributed by atoms with Crippen molar-refractivity contribution in [2.45, 2.75) is 25.5 Å². The SMILES string of the molecule is CC(NCC(O)C(F)F)c1ccc2[nH]c(=O)[nH]c2c1. The Morgan fingerprint density at radius 1 is 1.32 bits per heavy atom. The van der Waals surface area contributed by atoms with Crippen molar-refractivity contribution in [1.82, 2.24) is 15.3 Å². The van der Waals surface area contributed by atoms with Gasteiger partial charge < -0.3 is 20.4 Å². The fourth-order valence-corrected chi connectivity index (χ4v) is 1.82. The molecule has 7 heteroatoms. The molecule has 0 radical (unpaired) electrons. The number of alkyl halides is 2. The molecule has 4 N–H and O–H groups in total. The number of aromatic amines is 2. The quantitative estimate of drug-likeness (QED) is 0.658. The van der Waals surface area contributed by atoms with E-state index in [0.717, 1.165) is 5.56 Å². The van der Waals surface area contributed by atoms with Gasteiger partial charge in [-0.25, -0.2) is 13.6 Å². The van der Waals surface area contributed by atoms with Crippen LogP contribution in [-0.4, -0.2) is 34.1 Å². The molecular weight excluding hydrogens is 256 g/mol. The molecule has 2 unspecified atom stereocenters. The van der Waals surface area contributed by atoms with Gasteiger partial charge in [0.1, 0.15) is 6.10 Å². The van der Waals surface area contributed by atoms with E-state index in [0.29, 0.717) is 11.0 Å². The first-order valence-electron chi connectivity index (χ1n) is 5.89. The predicted molar refractivity (Wildman–Crippen MR) is 67.3 cm³/mol. The lowest BCUT2D eigenvalue weighted by Gasteiger charge is -2.17. The minimum atomic E-state index is -2.76. The second-order valence-electron chi connectivity index (χ2n) is 4.42. The summed E-state index contributed by atoms with van der Waals surface area (Å²) < 4.78 is 24.3. The fraction of sp³-hybridized carbons (Fsp3) is 0.417. The molecule has 5 nitrogen and oxygen atoms in total. The molecule has 0 spiro atoms. The van der Waals surface area contributed by atoms with E-state index >= 15 is 0 Å². The largest absolute Gasteiger partial charge is 0.386 e. The number of rotatable bonds is 5. The predicted octanol–water partition coefficient (Wildman–Crippen LogP) is 1.13. The van der Waals surface area contributed by atoms with Gasteiger partial charge in [0, 0.05) is 12.6 Å². The number of hydrogen-bond donors (Lipinski definition) is 4. The molecule has 104 valence electrons. The summed E-state index contributed by atoms with van der Waals surface area (Å²) in [7, 11) is 0. The molecule has 2 atom stereocenters. The highest BCUT2D eigenvalue weighted by Gasteiger charge is 2.17. The van der Waals surface area contributed by atoms with Gasteiger partial charge in [-0.15, -0.1) is 0 Å². The van der Waals surface area contributed by atoms with Crippen LogP contribution in [-0.2, 0) is 0 Å². The van der Waals surface area contributed by atoms with Gasteiger partial charge in [-0.1, -0.05) is 6.07 Å². The summed E-state index contributed by atoms with van der Waals surface area (Å²) in [5, 5.41) is 11.9. The Morgan fingerprint density at radius 3 is 2.68 bits per heavy atom. The van der Waals surface area contributed by atoms with Crippen molar-refractivity contribution in [3.05, 3.63) is 34.2 Å². The first-order valence-corrected chi connectivity index (χ1v) is 5.89. The monoisotopic (exact) mass is 271 g/mol. The first-order chi connectivity index (χ1) is 8.97. The second kappa shape index (κ2) is 5.50. The van der Waals surface area contributed by atoms with Crippen LogP contribution in [0.4, 0.5) is 8.78 Å². The van der Waals surface area contributed by atoms with Crippen LogP contribution >= 0.6 is 0 Å². The van der Waals surface area contributed by atoms with Crippen LogP contribution in [0.25, 0.3) is 11.0 Å². The minimum Gasteiger partial charge on any atom is -0.386 e. The van der Waals surface area contributed by atoms with E-state index in [-0.39, 0.29) is 18.3 Å². The maximum absolute atomic E-state index is 12.2. The van der Waals surface area contributed by atoms with E-state index in [1.165, 1.54) is 0 Å². The number of nitrogens with one attached hydrogen (secondary N) is 3. The molecule has 2 rings (SSSR count). The third-order valence-corrected chi connectivity index (χ3v) is 2.96. The Bertz CT molecular complexity index is 608. The van der Waals surface area contributed by atoms with Crippen LogP contribution < -0.4 is 11.0 Å². The van der Waals surface area contributed by atoms with Crippen molar-refractivity contribution in [1.29, 1.82) is 0 Å². The third-order valence-electron chi connectivity index (χ3n) is 2.96. The van der Waals surface area contributed by atoms with Gasteiger partial charge in [-0.3, -0.25) is 0 Å². The number of halogens is 2. The van der Waals surface area contributed by atoms with Gasteiger partial charge >= 0.3 is 5.69 Å². The van der Waals surface area contributed by atoms with Crippen molar-refractivity contribution in [2.24, 2.45) is 0 Å². The molecule has 0 bridgehead atoms. The van der Waals surface area contributed by atoms with Crippen molar-refractivity contribution in [3.8, 4) is 0 Å². The molecule has 1 aromatic heterocycles. The van der Waals surface area contributed by atoms with Gasteiger partial charge in [0.2, 0.25) is 0 Å². The molecule has 1 heterocycles. The Balaban J connectivity index is 2.08. The lowest BCUT2D eigenvalue weighted by atomic mass is 10.1. The van der Waals surface area contributed by atoms with Crippen LogP contribution in [0.3, 0.4) is 0 Å². The maximum atomic E-state index is 12.2. The fourth-order valence-electron chi connectivity index (χ4n) is 1.82. The van der Waals surface area contributed by atoms with Gasteiger partial charge in [0.25, 0.3) is 6.43 Å². The Kier molecular flexibility index (Phi) is 3.96. The standard InChI is InChI=1S/C12H15F2N3O2/c1-6(15-5-10(18)11(13)14)7-2-3-8-9(4-7)17-12(19)16-8/h2-4,6,10-11,15,18H,5H2,1H3,(H2,16,17,19). The number of benzene rings is 1. The highest BCUT2D eigenvalue weighted by molar-refractivity contribution is 5.75. The van der Waals surface area contributed by atoms with Crippen LogP contribution in [0.5, 0.6) is 0 Å². The maximum Gasteiger partial charge on any atom is 0.323 e. The summed E-state index contributed by atoms with van der Waals surface area (Å²) in [5.74, 6) is 0. The average Bonchev–Trinajstić information content (AvgIpc) is 2.74. The first kappa shape index (κ1) is 13.7. The molecule has 0 saturated heterocycles. The summed E-state index contributed by atoms with van der Waals surface area (Å²) in [6, 6.07) is 5.08. The molecule has 19 heavy (non-hydrogen) atoms. The molecule has 0 amide bonds. The molecule has 1 aromatic carbocycles. The molecule has 2 aromatic rings. The molecule has 0 fully saturated rings. The van der Waals surface area contributed by atoms with Gasteiger partial charge in [-0.05, 0) is 24.6 Å². The van der Waals surface area contributed by atoms with E-state index in [9.17, 15) is 13.6 Å². The average molecular weight is 271 g/mol. The molecule has 0 saturated carbocycles. The Hall–Kier alpha value is -1.73. The van der Waals surface area contributed by atoms with Crippen molar-refractivity contribution in [3.63, 3.8) is 0 Å². The number of H-pyrrole nitrogens is 2. The number of aliphatic hydroxyl groups is 1. The summed E-state index contributed by atoms with van der Waals surface area (Å²) >= 11 is 0. The van der Waals surface area contributed by atoms with E-state index < -0.39 is 12.5 Å². The highest BCUT2D eigenvalue weighted by atomic mass is 19.3. The minimum absolute atomic E-state index is 0.194. The zero-order valence-electron chi connectivity index (χ0n) is 10.3. The van der Waals surface area contributed by atoms with Gasteiger partial charge in [0.05, 0.1) is 11.0 Å². The molecule has 0 aliphatic rings. The van der Waals surface area contributed by atoms with E-state index in [4.69, 9.17) is 5.11 Å². The highest BCUT2D eigenvalue weighted by Crippen LogP contribution is 2.17. The van der Waals surface area contributed by atoms with Gasteiger partial charge in [0.15, 0.2) is 0 Å². The van der Waals surface area contributed by atoms with Crippen molar-refractivity contribution < 1.29 is 13.9 Å². The number of aliphatic hydroxyl groups excluding tert-OH is 1. The van der Waals surface area contributed by atoms with Crippen LogP contribution in [0.2, 0.25) is 0 Å². The van der Waals surface area contributed by atoms with Crippen LogP contribution in [0.1, 0.15) is 18.5 Å². The smallest absolute Gasteiger partial charge is 0.323 e. The molecular formula is C12H15F2N3O2. The number of imidazole rings is 1. The Labute approximate surface area is 107 Å². The summed E-state index contributed by atoms with van der Waals surface area (Å²) in [4.78, 5) is 16.4. The van der Waals surface area contributed by atoms with Crippen LogP contribution in [0, 0.1) is 0 Å². The zero-order valence-corrected chi connectivity index (χ0v) is 10.3. The van der Waals surface area contributed by atoms with Gasteiger partial charge in [-0.2, -0.15) is 0 Å². The topological polar surface area (TPSA) is 80.9 Å². The number of fused-ring (bicyclic) bond motifs is 1. The van der Waals surface area contributed by atoms with E-state index in [1.807, 2.05) is 0 Å². The van der Waals surface area contributed by atoms with Crippen molar-refractivity contribution in [2.75, 3.05) is 6.54 Å². The second-order valence-corrected chi connectivity index (χ2v) is 4.42. The summed E-state index contributed by atoms with van der Waals surface area (Å²) in [6.07, 6.45) is -4.44. The third kappa shape index (κ3) is 3.18. The number of hydrogen-bond acceptors (Lipinski definition) is 3. The molecule has 0 aliphatic heterocycles. The van der Waals surface area contributed by atoms with E-state index in [1.54, 1.807) is 25.1 Å². The molecule has 0 aliphatic carbocycles. The normalized spacial score (nSPS) is 15.0. The lowest BCUT2D eigenvalue weighted by molar-refractivity contribution is -0.00439. The summed E-state index contributed by atoms with van der Waals surface area (Å²) in [6.45, 7) is 1.60. The lowest BCUT2D eigenvalue weighted by Crippen LogP contribution is -2.33. The number of aromatic nitrogens is 2. The van der Waals surface area contributed by atoms with Crippen molar-refractivity contribution >= 4 is 11.0 Å². The zero-order chi connectivity index (χ0) is 14.0. The van der Waals surface area contributed by atoms with E-state index in [2.05, 4.69) is 15.3 Å². The van der Waals surface area contributed by atoms with Crippen LogP contribution in [0.15, 0.2) is 23.0 Å². The Morgan fingerprint density at radius 2 is 2.00 bits per heavy atom. The summed E-state index contributed by atoms with van der Waals surface area (Å²) in [5.41, 5.74) is 1.89.